The first kappa shape index (κ1) is 15.0. The smallest absolute Gasteiger partial charge is 0.328 e. The highest BCUT2D eigenvalue weighted by Gasteiger charge is 2.21. The lowest BCUT2D eigenvalue weighted by Crippen LogP contribution is -2.37. The Labute approximate surface area is 128 Å². The van der Waals surface area contributed by atoms with Gasteiger partial charge in [0.2, 0.25) is 0 Å². The molecule has 1 fully saturated rings. The third-order valence-electron chi connectivity index (χ3n) is 4.57. The average Bonchev–Trinajstić information content (AvgIpc) is 2.52. The molecule has 0 spiro atoms. The first-order chi connectivity index (χ1) is 10.7. The molecule has 1 aliphatic rings. The number of nitrogens with one attached hydrogen (secondary N) is 1. The molecule has 2 atom stereocenters. The van der Waals surface area contributed by atoms with Crippen molar-refractivity contribution < 1.29 is 4.74 Å². The van der Waals surface area contributed by atoms with Crippen LogP contribution in [0.2, 0.25) is 0 Å². The minimum absolute atomic E-state index is 0.250. The highest BCUT2D eigenvalue weighted by atomic mass is 16.5. The molecule has 0 radical (unpaired) electrons. The van der Waals surface area contributed by atoms with Crippen molar-refractivity contribution in [2.75, 3.05) is 6.61 Å². The molecule has 5 heteroatoms. The van der Waals surface area contributed by atoms with E-state index in [1.807, 2.05) is 0 Å². The zero-order valence-corrected chi connectivity index (χ0v) is 12.9. The van der Waals surface area contributed by atoms with E-state index in [0.29, 0.717) is 30.0 Å². The summed E-state index contributed by atoms with van der Waals surface area (Å²) in [5.41, 5.74) is -0.0424. The van der Waals surface area contributed by atoms with Crippen LogP contribution in [-0.4, -0.2) is 22.3 Å². The van der Waals surface area contributed by atoms with E-state index in [-0.39, 0.29) is 17.4 Å². The Morgan fingerprint density at radius 1 is 1.23 bits per heavy atom. The zero-order chi connectivity index (χ0) is 15.5. The number of nitrogens with zero attached hydrogens (tertiary/aromatic N) is 1. The van der Waals surface area contributed by atoms with Gasteiger partial charge in [0.15, 0.2) is 0 Å². The van der Waals surface area contributed by atoms with Crippen molar-refractivity contribution in [2.24, 2.45) is 5.92 Å². The number of hydrogen-bond acceptors (Lipinski definition) is 3. The van der Waals surface area contributed by atoms with Crippen molar-refractivity contribution in [2.45, 2.75) is 45.3 Å². The van der Waals surface area contributed by atoms with Crippen molar-refractivity contribution in [1.82, 2.24) is 9.55 Å². The third-order valence-corrected chi connectivity index (χ3v) is 4.57. The van der Waals surface area contributed by atoms with Crippen LogP contribution in [0, 0.1) is 5.92 Å². The molecular formula is C17H22N2O3. The quantitative estimate of drug-likeness (QED) is 0.942. The van der Waals surface area contributed by atoms with E-state index in [1.54, 1.807) is 24.3 Å². The van der Waals surface area contributed by atoms with Crippen LogP contribution in [0.25, 0.3) is 10.9 Å². The van der Waals surface area contributed by atoms with Crippen molar-refractivity contribution in [1.29, 1.82) is 0 Å². The summed E-state index contributed by atoms with van der Waals surface area (Å²) in [6.45, 7) is 2.90. The van der Waals surface area contributed by atoms with Crippen LogP contribution in [0.3, 0.4) is 0 Å². The summed E-state index contributed by atoms with van der Waals surface area (Å²) in [6.07, 6.45) is 4.99. The van der Waals surface area contributed by atoms with E-state index in [9.17, 15) is 9.59 Å². The molecule has 2 aromatic rings. The molecule has 0 aliphatic heterocycles. The number of ether oxygens (including phenoxy) is 1. The number of fused-ring (bicyclic) bond motifs is 1. The summed E-state index contributed by atoms with van der Waals surface area (Å²) in [4.78, 5) is 27.2. The monoisotopic (exact) mass is 302 g/mol. The molecule has 1 aliphatic carbocycles. The topological polar surface area (TPSA) is 64.1 Å². The maximum absolute atomic E-state index is 12.4. The number of aromatic amines is 1. The second-order valence-electron chi connectivity index (χ2n) is 6.10. The van der Waals surface area contributed by atoms with E-state index >= 15 is 0 Å². The van der Waals surface area contributed by atoms with Crippen molar-refractivity contribution in [3.8, 4) is 0 Å². The number of H-pyrrole nitrogens is 1. The van der Waals surface area contributed by atoms with Crippen molar-refractivity contribution >= 4 is 10.9 Å². The van der Waals surface area contributed by atoms with Crippen LogP contribution in [0.1, 0.15) is 32.6 Å². The Balaban J connectivity index is 1.74. The minimum Gasteiger partial charge on any atom is -0.376 e. The van der Waals surface area contributed by atoms with Gasteiger partial charge in [-0.25, -0.2) is 4.79 Å². The highest BCUT2D eigenvalue weighted by Crippen LogP contribution is 2.26. The summed E-state index contributed by atoms with van der Waals surface area (Å²) in [6, 6.07) is 7.07. The molecule has 3 rings (SSSR count). The Hall–Kier alpha value is -1.88. The van der Waals surface area contributed by atoms with Gasteiger partial charge in [-0.05, 0) is 30.9 Å². The van der Waals surface area contributed by atoms with Gasteiger partial charge in [0, 0.05) is 0 Å². The number of benzene rings is 1. The fourth-order valence-electron chi connectivity index (χ4n) is 3.23. The predicted octanol–water partition coefficient (Wildman–Crippen LogP) is 2.29. The van der Waals surface area contributed by atoms with Crippen LogP contribution in [0.4, 0.5) is 0 Å². The van der Waals surface area contributed by atoms with E-state index in [1.165, 1.54) is 23.8 Å². The number of para-hydroxylation sites is 1. The van der Waals surface area contributed by atoms with E-state index < -0.39 is 0 Å². The third kappa shape index (κ3) is 2.99. The SMILES string of the molecule is CC1CCCCC1OCCn1c(=O)[nH]c2ccccc2c1=O. The predicted molar refractivity (Wildman–Crippen MR) is 86.2 cm³/mol. The van der Waals surface area contributed by atoms with Gasteiger partial charge in [0.05, 0.1) is 30.2 Å². The molecule has 1 aromatic heterocycles. The molecule has 0 amide bonds. The molecule has 2 unspecified atom stereocenters. The van der Waals surface area contributed by atoms with Crippen LogP contribution in [-0.2, 0) is 11.3 Å². The van der Waals surface area contributed by atoms with Crippen LogP contribution in [0.5, 0.6) is 0 Å². The lowest BCUT2D eigenvalue weighted by Gasteiger charge is -2.28. The van der Waals surface area contributed by atoms with Gasteiger partial charge in [-0.1, -0.05) is 31.9 Å². The van der Waals surface area contributed by atoms with Crippen LogP contribution in [0.15, 0.2) is 33.9 Å². The normalized spacial score (nSPS) is 22.0. The lowest BCUT2D eigenvalue weighted by atomic mass is 9.88. The highest BCUT2D eigenvalue weighted by molar-refractivity contribution is 5.76. The number of aromatic nitrogens is 2. The molecule has 22 heavy (non-hydrogen) atoms. The van der Waals surface area contributed by atoms with Gasteiger partial charge in [0.25, 0.3) is 5.56 Å². The summed E-state index contributed by atoms with van der Waals surface area (Å²) in [5.74, 6) is 0.556. The Kier molecular flexibility index (Phi) is 4.43. The zero-order valence-electron chi connectivity index (χ0n) is 12.9. The summed E-state index contributed by atoms with van der Waals surface area (Å²) >= 11 is 0. The maximum Gasteiger partial charge on any atom is 0.328 e. The second kappa shape index (κ2) is 6.48. The molecule has 1 saturated carbocycles. The van der Waals surface area contributed by atoms with Gasteiger partial charge >= 0.3 is 5.69 Å². The van der Waals surface area contributed by atoms with Crippen LogP contribution < -0.4 is 11.2 Å². The molecule has 0 saturated heterocycles. The first-order valence-corrected chi connectivity index (χ1v) is 8.00. The van der Waals surface area contributed by atoms with E-state index in [0.717, 1.165) is 6.42 Å². The van der Waals surface area contributed by atoms with Gasteiger partial charge in [0.1, 0.15) is 0 Å². The van der Waals surface area contributed by atoms with Crippen molar-refractivity contribution in [3.05, 3.63) is 45.1 Å². The van der Waals surface area contributed by atoms with Gasteiger partial charge in [-0.3, -0.25) is 9.36 Å². The van der Waals surface area contributed by atoms with Gasteiger partial charge in [-0.2, -0.15) is 0 Å². The molecule has 1 heterocycles. The standard InChI is InChI=1S/C17H22N2O3/c1-12-6-2-5-9-15(12)22-11-10-19-16(20)13-7-3-4-8-14(13)18-17(19)21/h3-4,7-8,12,15H,2,5-6,9-11H2,1H3,(H,18,21). The van der Waals surface area contributed by atoms with E-state index in [4.69, 9.17) is 4.74 Å². The first-order valence-electron chi connectivity index (χ1n) is 8.00. The average molecular weight is 302 g/mol. The molecule has 1 aromatic carbocycles. The Morgan fingerprint density at radius 3 is 2.82 bits per heavy atom. The fraction of sp³-hybridized carbons (Fsp3) is 0.529. The number of hydrogen-bond donors (Lipinski definition) is 1. The maximum atomic E-state index is 12.4. The summed E-state index contributed by atoms with van der Waals surface area (Å²) < 4.78 is 7.14. The Bertz CT molecular complexity index is 762. The summed E-state index contributed by atoms with van der Waals surface area (Å²) in [5, 5.41) is 0.535. The molecule has 5 nitrogen and oxygen atoms in total. The van der Waals surface area contributed by atoms with Gasteiger partial charge < -0.3 is 9.72 Å². The van der Waals surface area contributed by atoms with E-state index in [2.05, 4.69) is 11.9 Å². The molecule has 0 bridgehead atoms. The largest absolute Gasteiger partial charge is 0.376 e. The lowest BCUT2D eigenvalue weighted by molar-refractivity contribution is -0.00892. The fourth-order valence-corrected chi connectivity index (χ4v) is 3.23. The number of rotatable bonds is 4. The second-order valence-corrected chi connectivity index (χ2v) is 6.10. The molecule has 1 N–H and O–H groups in total. The minimum atomic E-state index is -0.371. The van der Waals surface area contributed by atoms with Gasteiger partial charge in [-0.15, -0.1) is 0 Å². The molecule has 118 valence electrons. The van der Waals surface area contributed by atoms with Crippen molar-refractivity contribution in [3.63, 3.8) is 0 Å². The summed E-state index contributed by atoms with van der Waals surface area (Å²) in [7, 11) is 0. The molecular weight excluding hydrogens is 280 g/mol. The van der Waals surface area contributed by atoms with Crippen LogP contribution >= 0.6 is 0 Å². The Morgan fingerprint density at radius 2 is 2.00 bits per heavy atom.